The molecule has 0 fully saturated rings. The molecule has 84 valence electrons. The van der Waals surface area contributed by atoms with Gasteiger partial charge in [0.15, 0.2) is 0 Å². The number of halogens is 1. The molecule has 1 aromatic carbocycles. The number of sulfonamides is 1. The van der Waals surface area contributed by atoms with Crippen molar-refractivity contribution in [3.8, 4) is 0 Å². The molecule has 0 aliphatic carbocycles. The van der Waals surface area contributed by atoms with Gasteiger partial charge in [-0.25, -0.2) is 13.6 Å². The van der Waals surface area contributed by atoms with Crippen LogP contribution in [0.25, 0.3) is 0 Å². The molecule has 0 saturated heterocycles. The normalized spacial score (nSPS) is 11.6. The van der Waals surface area contributed by atoms with Gasteiger partial charge in [-0.05, 0) is 11.6 Å². The van der Waals surface area contributed by atoms with Crippen molar-refractivity contribution in [1.29, 1.82) is 0 Å². The Morgan fingerprint density at radius 3 is 2.60 bits per heavy atom. The monoisotopic (exact) mass is 249 g/mol. The molecule has 0 radical (unpaired) electrons. The van der Waals surface area contributed by atoms with E-state index in [-0.39, 0.29) is 19.0 Å². The van der Waals surface area contributed by atoms with Gasteiger partial charge in [-0.1, -0.05) is 29.8 Å². The SMILES string of the molecule is NS(=O)(=O)CCOCc1ccccc1Cl. The first-order valence-electron chi connectivity index (χ1n) is 4.30. The first kappa shape index (κ1) is 12.4. The zero-order valence-corrected chi connectivity index (χ0v) is 9.59. The van der Waals surface area contributed by atoms with Gasteiger partial charge in [0.2, 0.25) is 10.0 Å². The van der Waals surface area contributed by atoms with Crippen LogP contribution in [0.2, 0.25) is 5.02 Å². The van der Waals surface area contributed by atoms with Crippen molar-refractivity contribution in [3.63, 3.8) is 0 Å². The van der Waals surface area contributed by atoms with Crippen molar-refractivity contribution in [2.24, 2.45) is 5.14 Å². The Morgan fingerprint density at radius 1 is 1.33 bits per heavy atom. The number of nitrogens with two attached hydrogens (primary N) is 1. The topological polar surface area (TPSA) is 69.4 Å². The van der Waals surface area contributed by atoms with Crippen molar-refractivity contribution >= 4 is 21.6 Å². The van der Waals surface area contributed by atoms with E-state index >= 15 is 0 Å². The summed E-state index contributed by atoms with van der Waals surface area (Å²) in [6, 6.07) is 7.22. The standard InChI is InChI=1S/C9H12ClNO3S/c10-9-4-2-1-3-8(9)7-14-5-6-15(11,12)13/h1-4H,5-7H2,(H2,11,12,13). The molecule has 0 amide bonds. The van der Waals surface area contributed by atoms with Gasteiger partial charge in [-0.15, -0.1) is 0 Å². The zero-order chi connectivity index (χ0) is 11.3. The second-order valence-electron chi connectivity index (χ2n) is 3.01. The molecule has 0 heterocycles. The quantitative estimate of drug-likeness (QED) is 0.796. The van der Waals surface area contributed by atoms with Crippen LogP contribution in [0.5, 0.6) is 0 Å². The molecule has 0 atom stereocenters. The average molecular weight is 250 g/mol. The number of rotatable bonds is 5. The summed E-state index contributed by atoms with van der Waals surface area (Å²) in [4.78, 5) is 0. The van der Waals surface area contributed by atoms with Crippen LogP contribution in [0.4, 0.5) is 0 Å². The maximum Gasteiger partial charge on any atom is 0.211 e. The van der Waals surface area contributed by atoms with Crippen molar-refractivity contribution in [3.05, 3.63) is 34.9 Å². The van der Waals surface area contributed by atoms with Crippen LogP contribution in [-0.2, 0) is 21.4 Å². The number of hydrogen-bond donors (Lipinski definition) is 1. The van der Waals surface area contributed by atoms with Crippen LogP contribution in [0, 0.1) is 0 Å². The summed E-state index contributed by atoms with van der Waals surface area (Å²) in [7, 11) is -3.45. The van der Waals surface area contributed by atoms with Crippen molar-refractivity contribution in [1.82, 2.24) is 0 Å². The molecule has 0 aliphatic heterocycles. The lowest BCUT2D eigenvalue weighted by Gasteiger charge is -2.04. The van der Waals surface area contributed by atoms with E-state index in [2.05, 4.69) is 0 Å². The van der Waals surface area contributed by atoms with E-state index in [9.17, 15) is 8.42 Å². The van der Waals surface area contributed by atoms with Crippen molar-refractivity contribution in [2.75, 3.05) is 12.4 Å². The molecule has 15 heavy (non-hydrogen) atoms. The van der Waals surface area contributed by atoms with E-state index in [1.807, 2.05) is 18.2 Å². The van der Waals surface area contributed by atoms with Gasteiger partial charge in [0.1, 0.15) is 0 Å². The third-order valence-corrected chi connectivity index (χ3v) is 2.83. The molecule has 0 unspecified atom stereocenters. The van der Waals surface area contributed by atoms with Crippen LogP contribution >= 0.6 is 11.6 Å². The van der Waals surface area contributed by atoms with Gasteiger partial charge < -0.3 is 4.74 Å². The third kappa shape index (κ3) is 5.13. The van der Waals surface area contributed by atoms with Gasteiger partial charge in [-0.2, -0.15) is 0 Å². The number of ether oxygens (including phenoxy) is 1. The second-order valence-corrected chi connectivity index (χ2v) is 5.15. The van der Waals surface area contributed by atoms with Gasteiger partial charge in [0.25, 0.3) is 0 Å². The maximum atomic E-state index is 10.6. The van der Waals surface area contributed by atoms with Crippen LogP contribution in [0.15, 0.2) is 24.3 Å². The summed E-state index contributed by atoms with van der Waals surface area (Å²) in [6.45, 7) is 0.360. The molecule has 0 saturated carbocycles. The van der Waals surface area contributed by atoms with Crippen molar-refractivity contribution < 1.29 is 13.2 Å². The Morgan fingerprint density at radius 2 is 2.00 bits per heavy atom. The van der Waals surface area contributed by atoms with E-state index < -0.39 is 10.0 Å². The van der Waals surface area contributed by atoms with Crippen LogP contribution in [-0.4, -0.2) is 20.8 Å². The Balaban J connectivity index is 2.36. The van der Waals surface area contributed by atoms with Gasteiger partial charge in [0, 0.05) is 5.02 Å². The number of benzene rings is 1. The fourth-order valence-corrected chi connectivity index (χ4v) is 1.51. The largest absolute Gasteiger partial charge is 0.376 e. The summed E-state index contributed by atoms with van der Waals surface area (Å²) >= 11 is 5.87. The highest BCUT2D eigenvalue weighted by Crippen LogP contribution is 2.15. The number of hydrogen-bond acceptors (Lipinski definition) is 3. The molecule has 1 aromatic rings. The lowest BCUT2D eigenvalue weighted by Crippen LogP contribution is -2.20. The van der Waals surface area contributed by atoms with Crippen LogP contribution in [0.1, 0.15) is 5.56 Å². The highest BCUT2D eigenvalue weighted by Gasteiger charge is 2.03. The van der Waals surface area contributed by atoms with Crippen molar-refractivity contribution in [2.45, 2.75) is 6.61 Å². The Labute approximate surface area is 94.0 Å². The lowest BCUT2D eigenvalue weighted by atomic mass is 10.2. The zero-order valence-electron chi connectivity index (χ0n) is 8.02. The second kappa shape index (κ2) is 5.46. The first-order chi connectivity index (χ1) is 6.99. The maximum absolute atomic E-state index is 10.6. The molecule has 4 nitrogen and oxygen atoms in total. The molecular weight excluding hydrogens is 238 g/mol. The molecule has 2 N–H and O–H groups in total. The first-order valence-corrected chi connectivity index (χ1v) is 6.40. The summed E-state index contributed by atoms with van der Waals surface area (Å²) in [5, 5.41) is 5.42. The summed E-state index contributed by atoms with van der Waals surface area (Å²) in [5.41, 5.74) is 0.827. The average Bonchev–Trinajstić information content (AvgIpc) is 2.13. The fraction of sp³-hybridized carbons (Fsp3) is 0.333. The molecule has 0 aliphatic rings. The minimum atomic E-state index is -3.45. The predicted octanol–water partition coefficient (Wildman–Crippen LogP) is 1.15. The molecule has 1 rings (SSSR count). The summed E-state index contributed by atoms with van der Waals surface area (Å²) in [6.07, 6.45) is 0. The highest BCUT2D eigenvalue weighted by molar-refractivity contribution is 7.89. The smallest absolute Gasteiger partial charge is 0.211 e. The molecular formula is C9H12ClNO3S. The Hall–Kier alpha value is -0.620. The lowest BCUT2D eigenvalue weighted by molar-refractivity contribution is 0.135. The van der Waals surface area contributed by atoms with E-state index in [0.29, 0.717) is 5.02 Å². The van der Waals surface area contributed by atoms with E-state index in [1.54, 1.807) is 6.07 Å². The van der Waals surface area contributed by atoms with Crippen LogP contribution < -0.4 is 5.14 Å². The van der Waals surface area contributed by atoms with Gasteiger partial charge in [-0.3, -0.25) is 0 Å². The Kier molecular flexibility index (Phi) is 4.53. The predicted molar refractivity (Wildman–Crippen MR) is 59.1 cm³/mol. The highest BCUT2D eigenvalue weighted by atomic mass is 35.5. The van der Waals surface area contributed by atoms with Crippen LogP contribution in [0.3, 0.4) is 0 Å². The minimum Gasteiger partial charge on any atom is -0.376 e. The van der Waals surface area contributed by atoms with E-state index in [0.717, 1.165) is 5.56 Å². The molecule has 6 heteroatoms. The Bertz CT molecular complexity index is 419. The summed E-state index contributed by atoms with van der Waals surface area (Å²) < 4.78 is 26.3. The molecule has 0 spiro atoms. The minimum absolute atomic E-state index is 0.0735. The summed E-state index contributed by atoms with van der Waals surface area (Å²) in [5.74, 6) is -0.183. The molecule has 0 aromatic heterocycles. The fourth-order valence-electron chi connectivity index (χ4n) is 0.973. The number of primary sulfonamides is 1. The van der Waals surface area contributed by atoms with E-state index in [1.165, 1.54) is 0 Å². The van der Waals surface area contributed by atoms with Gasteiger partial charge in [0.05, 0.1) is 19.0 Å². The molecule has 0 bridgehead atoms. The third-order valence-electron chi connectivity index (χ3n) is 1.73. The van der Waals surface area contributed by atoms with E-state index in [4.69, 9.17) is 21.5 Å². The van der Waals surface area contributed by atoms with Gasteiger partial charge >= 0.3 is 0 Å².